The van der Waals surface area contributed by atoms with Crippen LogP contribution in [0.4, 0.5) is 0 Å². The molecule has 3 heteroatoms. The van der Waals surface area contributed by atoms with E-state index in [0.717, 1.165) is 30.1 Å². The van der Waals surface area contributed by atoms with Gasteiger partial charge in [0.05, 0.1) is 0 Å². The SMILES string of the molecule is C=C1CC[C@H]2C(C)(C)CCC[C@]2(C)[C@H]1Cc1cc2c(cc1O)OCO2. The fourth-order valence-corrected chi connectivity index (χ4v) is 6.01. The predicted molar refractivity (Wildman–Crippen MR) is 99.0 cm³/mol. The first-order chi connectivity index (χ1) is 11.8. The van der Waals surface area contributed by atoms with Crippen LogP contribution in [-0.4, -0.2) is 11.9 Å². The maximum absolute atomic E-state index is 10.5. The zero-order chi connectivity index (χ0) is 17.8. The molecule has 0 aromatic heterocycles. The Morgan fingerprint density at radius 3 is 2.64 bits per heavy atom. The van der Waals surface area contributed by atoms with Gasteiger partial charge >= 0.3 is 0 Å². The molecule has 0 bridgehead atoms. The molecule has 2 saturated carbocycles. The lowest BCUT2D eigenvalue weighted by molar-refractivity contribution is -0.0518. The van der Waals surface area contributed by atoms with Gasteiger partial charge in [0, 0.05) is 6.07 Å². The van der Waals surface area contributed by atoms with Gasteiger partial charge in [-0.25, -0.2) is 0 Å². The summed E-state index contributed by atoms with van der Waals surface area (Å²) < 4.78 is 10.9. The lowest BCUT2D eigenvalue weighted by Crippen LogP contribution is -2.50. The van der Waals surface area contributed by atoms with Crippen LogP contribution in [0.15, 0.2) is 24.3 Å². The highest BCUT2D eigenvalue weighted by Gasteiger charge is 2.52. The molecular formula is C22H30O3. The third-order valence-corrected chi connectivity index (χ3v) is 7.32. The first-order valence-corrected chi connectivity index (χ1v) is 9.60. The van der Waals surface area contributed by atoms with E-state index in [2.05, 4.69) is 27.4 Å². The molecular weight excluding hydrogens is 312 g/mol. The van der Waals surface area contributed by atoms with Gasteiger partial charge in [0.1, 0.15) is 5.75 Å². The van der Waals surface area contributed by atoms with E-state index in [1.807, 2.05) is 6.07 Å². The summed E-state index contributed by atoms with van der Waals surface area (Å²) in [5, 5.41) is 10.5. The zero-order valence-corrected chi connectivity index (χ0v) is 15.7. The van der Waals surface area contributed by atoms with Crippen molar-refractivity contribution < 1.29 is 14.6 Å². The highest BCUT2D eigenvalue weighted by molar-refractivity contribution is 5.51. The van der Waals surface area contributed by atoms with Crippen LogP contribution in [0.25, 0.3) is 0 Å². The van der Waals surface area contributed by atoms with Crippen molar-refractivity contribution in [3.63, 3.8) is 0 Å². The number of hydrogen-bond acceptors (Lipinski definition) is 3. The first-order valence-electron chi connectivity index (χ1n) is 9.60. The Hall–Kier alpha value is -1.64. The average Bonchev–Trinajstić information content (AvgIpc) is 2.97. The van der Waals surface area contributed by atoms with Crippen LogP contribution >= 0.6 is 0 Å². The standard InChI is InChI=1S/C22H30O3/c1-14-6-7-20-21(2,3)8-5-9-22(20,4)16(14)10-15-11-18-19(12-17(15)23)25-13-24-18/h11-12,16,20,23H,1,5-10,13H2,2-4H3/t16-,20-,22+/m0/s1. The molecule has 2 fully saturated rings. The zero-order valence-electron chi connectivity index (χ0n) is 15.7. The van der Waals surface area contributed by atoms with Crippen molar-refractivity contribution in [1.29, 1.82) is 0 Å². The maximum atomic E-state index is 10.5. The van der Waals surface area contributed by atoms with E-state index in [1.165, 1.54) is 31.3 Å². The maximum Gasteiger partial charge on any atom is 0.231 e. The van der Waals surface area contributed by atoms with E-state index < -0.39 is 0 Å². The topological polar surface area (TPSA) is 38.7 Å². The van der Waals surface area contributed by atoms with Crippen molar-refractivity contribution in [2.45, 2.75) is 59.3 Å². The minimum atomic E-state index is 0.238. The van der Waals surface area contributed by atoms with Crippen LogP contribution in [0.2, 0.25) is 0 Å². The summed E-state index contributed by atoms with van der Waals surface area (Å²) in [6, 6.07) is 3.67. The van der Waals surface area contributed by atoms with Gasteiger partial charge in [0.2, 0.25) is 6.79 Å². The number of ether oxygens (including phenoxy) is 2. The number of phenols is 1. The Labute approximate surface area is 151 Å². The molecule has 0 amide bonds. The van der Waals surface area contributed by atoms with Crippen LogP contribution < -0.4 is 9.47 Å². The summed E-state index contributed by atoms with van der Waals surface area (Å²) in [6.45, 7) is 12.0. The first kappa shape index (κ1) is 16.8. The number of fused-ring (bicyclic) bond motifs is 2. The van der Waals surface area contributed by atoms with E-state index in [0.29, 0.717) is 22.8 Å². The monoisotopic (exact) mass is 342 g/mol. The third-order valence-electron chi connectivity index (χ3n) is 7.32. The number of hydrogen-bond donors (Lipinski definition) is 1. The molecule has 0 radical (unpaired) electrons. The molecule has 1 aromatic rings. The van der Waals surface area contributed by atoms with Crippen LogP contribution in [0, 0.1) is 22.7 Å². The van der Waals surface area contributed by atoms with Crippen LogP contribution in [0.1, 0.15) is 58.4 Å². The van der Waals surface area contributed by atoms with Crippen molar-refractivity contribution in [2.24, 2.45) is 22.7 Å². The van der Waals surface area contributed by atoms with Gasteiger partial charge in [-0.3, -0.25) is 0 Å². The highest BCUT2D eigenvalue weighted by atomic mass is 16.7. The van der Waals surface area contributed by atoms with E-state index in [9.17, 15) is 5.11 Å². The smallest absolute Gasteiger partial charge is 0.231 e. The van der Waals surface area contributed by atoms with Gasteiger partial charge in [-0.2, -0.15) is 0 Å². The Bertz CT molecular complexity index is 705. The van der Waals surface area contributed by atoms with Crippen LogP contribution in [0.3, 0.4) is 0 Å². The minimum absolute atomic E-state index is 0.238. The number of aromatic hydroxyl groups is 1. The lowest BCUT2D eigenvalue weighted by atomic mass is 9.47. The molecule has 25 heavy (non-hydrogen) atoms. The Balaban J connectivity index is 1.68. The number of allylic oxidation sites excluding steroid dienone is 1. The van der Waals surface area contributed by atoms with E-state index >= 15 is 0 Å². The molecule has 1 aromatic carbocycles. The minimum Gasteiger partial charge on any atom is -0.508 e. The average molecular weight is 342 g/mol. The highest BCUT2D eigenvalue weighted by Crippen LogP contribution is 2.61. The Morgan fingerprint density at radius 2 is 1.88 bits per heavy atom. The fourth-order valence-electron chi connectivity index (χ4n) is 6.01. The van der Waals surface area contributed by atoms with Gasteiger partial charge in [-0.15, -0.1) is 0 Å². The van der Waals surface area contributed by atoms with E-state index in [-0.39, 0.29) is 12.2 Å². The largest absolute Gasteiger partial charge is 0.508 e. The van der Waals surface area contributed by atoms with Crippen LogP contribution in [-0.2, 0) is 6.42 Å². The molecule has 3 aliphatic rings. The second kappa shape index (κ2) is 5.69. The van der Waals surface area contributed by atoms with Gasteiger partial charge in [-0.1, -0.05) is 39.3 Å². The molecule has 3 nitrogen and oxygen atoms in total. The summed E-state index contributed by atoms with van der Waals surface area (Å²) in [5.41, 5.74) is 2.97. The fraction of sp³-hybridized carbons (Fsp3) is 0.636. The molecule has 1 aliphatic heterocycles. The Morgan fingerprint density at radius 1 is 1.16 bits per heavy atom. The second-order valence-corrected chi connectivity index (χ2v) is 9.19. The molecule has 3 atom stereocenters. The van der Waals surface area contributed by atoms with E-state index in [1.54, 1.807) is 6.07 Å². The normalized spacial score (nSPS) is 33.2. The molecule has 0 unspecified atom stereocenters. The van der Waals surface area contributed by atoms with Crippen LogP contribution in [0.5, 0.6) is 17.2 Å². The summed E-state index contributed by atoms with van der Waals surface area (Å²) in [5.74, 6) is 2.85. The van der Waals surface area contributed by atoms with Gasteiger partial charge in [0.25, 0.3) is 0 Å². The van der Waals surface area contributed by atoms with Crippen molar-refractivity contribution in [1.82, 2.24) is 0 Å². The molecule has 2 aliphatic carbocycles. The molecule has 136 valence electrons. The van der Waals surface area contributed by atoms with Gasteiger partial charge < -0.3 is 14.6 Å². The number of benzene rings is 1. The molecule has 0 saturated heterocycles. The number of rotatable bonds is 2. The summed E-state index contributed by atoms with van der Waals surface area (Å²) >= 11 is 0. The quantitative estimate of drug-likeness (QED) is 0.725. The van der Waals surface area contributed by atoms with Crippen molar-refractivity contribution >= 4 is 0 Å². The van der Waals surface area contributed by atoms with Gasteiger partial charge in [-0.05, 0) is 66.4 Å². The summed E-state index contributed by atoms with van der Waals surface area (Å²) in [6.07, 6.45) is 7.07. The van der Waals surface area contributed by atoms with Crippen molar-refractivity contribution in [3.05, 3.63) is 29.8 Å². The van der Waals surface area contributed by atoms with Crippen molar-refractivity contribution in [3.8, 4) is 17.2 Å². The van der Waals surface area contributed by atoms with Crippen molar-refractivity contribution in [2.75, 3.05) is 6.79 Å². The predicted octanol–water partition coefficient (Wildman–Crippen LogP) is 5.46. The molecule has 4 rings (SSSR count). The Kier molecular flexibility index (Phi) is 3.82. The van der Waals surface area contributed by atoms with E-state index in [4.69, 9.17) is 9.47 Å². The molecule has 1 heterocycles. The summed E-state index contributed by atoms with van der Waals surface area (Å²) in [7, 11) is 0. The third kappa shape index (κ3) is 2.63. The second-order valence-electron chi connectivity index (χ2n) is 9.19. The molecule has 1 N–H and O–H groups in total. The number of phenolic OH excluding ortho intramolecular Hbond substituents is 1. The molecule has 0 spiro atoms. The lowest BCUT2D eigenvalue weighted by Gasteiger charge is -2.58. The summed E-state index contributed by atoms with van der Waals surface area (Å²) in [4.78, 5) is 0. The van der Waals surface area contributed by atoms with Gasteiger partial charge in [0.15, 0.2) is 11.5 Å².